The number of ether oxygens (including phenoxy) is 3. The Kier molecular flexibility index (Phi) is 15.3. The molecule has 18 nitrogen and oxygen atoms in total. The van der Waals surface area contributed by atoms with Gasteiger partial charge in [0, 0.05) is 61.0 Å². The molecule has 0 bridgehead atoms. The summed E-state index contributed by atoms with van der Waals surface area (Å²) in [4.78, 5) is 48.5. The first kappa shape index (κ1) is 55.6. The van der Waals surface area contributed by atoms with E-state index in [9.17, 15) is 13.6 Å². The normalized spacial score (nSPS) is 16.8. The maximum atomic E-state index is 15.1. The molecule has 23 heteroatoms. The lowest BCUT2D eigenvalue weighted by Crippen LogP contribution is -2.44. The van der Waals surface area contributed by atoms with E-state index in [0.29, 0.717) is 76.7 Å². The van der Waals surface area contributed by atoms with Crippen molar-refractivity contribution in [2.75, 3.05) is 36.8 Å². The van der Waals surface area contributed by atoms with Gasteiger partial charge >= 0.3 is 6.09 Å². The quantitative estimate of drug-likeness (QED) is 0.109. The minimum Gasteiger partial charge on any atom is -0.489 e. The Labute approximate surface area is 466 Å². The van der Waals surface area contributed by atoms with Crippen LogP contribution in [0.3, 0.4) is 0 Å². The zero-order valence-electron chi connectivity index (χ0n) is 45.5. The molecule has 80 heavy (non-hydrogen) atoms. The smallest absolute Gasteiger partial charge is 0.410 e. The van der Waals surface area contributed by atoms with Crippen molar-refractivity contribution in [3.05, 3.63) is 108 Å². The molecule has 0 radical (unpaired) electrons. The molecular formula is C57H63ClF4N14O4. The molecule has 2 aromatic carbocycles. The summed E-state index contributed by atoms with van der Waals surface area (Å²) in [6.07, 6.45) is 11.8. The fraction of sp³-hybridized carbons (Fsp3) is 0.421. The van der Waals surface area contributed by atoms with Crippen LogP contribution in [0, 0.1) is 23.3 Å². The van der Waals surface area contributed by atoms with Crippen LogP contribution < -0.4 is 25.4 Å². The number of hydrogen-bond donors (Lipinski definition) is 3. The van der Waals surface area contributed by atoms with Gasteiger partial charge in [-0.25, -0.2) is 62.2 Å². The third kappa shape index (κ3) is 11.8. The van der Waals surface area contributed by atoms with E-state index < -0.39 is 28.9 Å². The second-order valence-corrected chi connectivity index (χ2v) is 22.6. The number of pyridine rings is 2. The molecule has 10 heterocycles. The monoisotopic (exact) mass is 1120 g/mol. The molecule has 420 valence electrons. The number of piperidine rings is 2. The topological polar surface area (TPSA) is 197 Å². The second-order valence-electron chi connectivity index (χ2n) is 22.6. The Hall–Kier alpha value is -7.72. The first-order valence-corrected chi connectivity index (χ1v) is 26.7. The van der Waals surface area contributed by atoms with Gasteiger partial charge in [0.2, 0.25) is 11.9 Å². The van der Waals surface area contributed by atoms with Crippen LogP contribution in [-0.2, 0) is 28.7 Å². The summed E-state index contributed by atoms with van der Waals surface area (Å²) in [7, 11) is 0. The number of imidazole rings is 2. The van der Waals surface area contributed by atoms with Crippen molar-refractivity contribution < 1.29 is 36.6 Å². The molecular weight excluding hydrogens is 1060 g/mol. The number of hydrogen-bond acceptors (Lipinski definition) is 15. The molecule has 4 aliphatic rings. The third-order valence-corrected chi connectivity index (χ3v) is 14.7. The number of rotatable bonds is 10. The van der Waals surface area contributed by atoms with Crippen molar-refractivity contribution in [2.45, 2.75) is 129 Å². The minimum atomic E-state index is -0.667. The number of aromatic nitrogens is 10. The number of benzene rings is 2. The number of carbonyl (C=O) groups is 1. The number of anilines is 4. The molecule has 3 N–H and O–H groups in total. The van der Waals surface area contributed by atoms with E-state index in [-0.39, 0.29) is 70.6 Å². The molecule has 4 aliphatic heterocycles. The molecule has 0 aliphatic carbocycles. The fourth-order valence-electron chi connectivity index (χ4n) is 10.7. The minimum absolute atomic E-state index is 0. The maximum absolute atomic E-state index is 15.1. The van der Waals surface area contributed by atoms with Crippen molar-refractivity contribution in [1.82, 2.24) is 59.2 Å². The Morgan fingerprint density at radius 3 is 1.49 bits per heavy atom. The molecule has 2 fully saturated rings. The zero-order valence-corrected chi connectivity index (χ0v) is 46.4. The number of fused-ring (bicyclic) bond motifs is 6. The second kappa shape index (κ2) is 22.1. The van der Waals surface area contributed by atoms with E-state index in [0.717, 1.165) is 75.7 Å². The van der Waals surface area contributed by atoms with Crippen LogP contribution in [0.1, 0.15) is 98.6 Å². The summed E-state index contributed by atoms with van der Waals surface area (Å²) in [5, 5.41) is 9.29. The van der Waals surface area contributed by atoms with E-state index >= 15 is 8.78 Å². The summed E-state index contributed by atoms with van der Waals surface area (Å²) in [6, 6.07) is 13.1. The molecule has 8 aromatic rings. The van der Waals surface area contributed by atoms with E-state index in [1.807, 2.05) is 36.0 Å². The molecule has 0 atom stereocenters. The van der Waals surface area contributed by atoms with E-state index in [4.69, 9.17) is 14.2 Å². The Bertz CT molecular complexity index is 3580. The van der Waals surface area contributed by atoms with Crippen LogP contribution in [0.2, 0.25) is 0 Å². The van der Waals surface area contributed by atoms with Crippen molar-refractivity contribution in [2.24, 2.45) is 0 Å². The predicted octanol–water partition coefficient (Wildman–Crippen LogP) is 11.5. The van der Waals surface area contributed by atoms with Crippen molar-refractivity contribution in [1.29, 1.82) is 0 Å². The first-order valence-electron chi connectivity index (χ1n) is 26.7. The molecule has 0 saturated carbocycles. The number of amides is 1. The van der Waals surface area contributed by atoms with Crippen LogP contribution in [-0.4, -0.2) is 104 Å². The SMILES string of the molecule is CC(C)(C)OC(=O)N1CCC(Oc2ccc(Nc3ncc(F)c(-c4cc(F)c5nc6n(c5c4)C(C)(C)CC6)n3)nc2)CC1.CC1(C)CCc2nc3c(F)cc(-c4nc(Nc5ccc(OC6CCNCC6)cn5)ncc4F)cc3n21.Cl. The number of nitrogens with one attached hydrogen (secondary N) is 3. The molecule has 2 saturated heterocycles. The molecule has 0 spiro atoms. The van der Waals surface area contributed by atoms with Crippen molar-refractivity contribution in [3.8, 4) is 34.0 Å². The highest BCUT2D eigenvalue weighted by atomic mass is 35.5. The van der Waals surface area contributed by atoms with Gasteiger partial charge in [0.05, 0.1) is 35.8 Å². The van der Waals surface area contributed by atoms with Gasteiger partial charge in [0.1, 0.15) is 75.0 Å². The van der Waals surface area contributed by atoms with Gasteiger partial charge in [0.25, 0.3) is 0 Å². The molecule has 1 amide bonds. The van der Waals surface area contributed by atoms with E-state index in [1.54, 1.807) is 47.6 Å². The van der Waals surface area contributed by atoms with Gasteiger partial charge in [-0.3, -0.25) is 0 Å². The highest BCUT2D eigenvalue weighted by Crippen LogP contribution is 2.40. The van der Waals surface area contributed by atoms with E-state index in [1.165, 1.54) is 12.1 Å². The van der Waals surface area contributed by atoms with Crippen LogP contribution in [0.15, 0.2) is 73.3 Å². The van der Waals surface area contributed by atoms with E-state index in [2.05, 4.69) is 83.5 Å². The first-order chi connectivity index (χ1) is 37.7. The van der Waals surface area contributed by atoms with Crippen molar-refractivity contribution >= 4 is 64.1 Å². The van der Waals surface area contributed by atoms with Crippen LogP contribution >= 0.6 is 12.4 Å². The van der Waals surface area contributed by atoms with Crippen LogP contribution in [0.4, 0.5) is 45.9 Å². The summed E-state index contributed by atoms with van der Waals surface area (Å²) in [5.74, 6) is 1.80. The van der Waals surface area contributed by atoms with Gasteiger partial charge < -0.3 is 44.2 Å². The Morgan fingerprint density at radius 1 is 0.613 bits per heavy atom. The van der Waals surface area contributed by atoms with Crippen LogP contribution in [0.5, 0.6) is 11.5 Å². The average Bonchev–Trinajstić information content (AvgIpc) is 4.30. The summed E-state index contributed by atoms with van der Waals surface area (Å²) in [5.41, 5.74) is 1.50. The van der Waals surface area contributed by atoms with Gasteiger partial charge in [-0.05, 0) is 136 Å². The maximum Gasteiger partial charge on any atom is 0.410 e. The molecule has 12 rings (SSSR count). The van der Waals surface area contributed by atoms with Crippen molar-refractivity contribution in [3.63, 3.8) is 0 Å². The van der Waals surface area contributed by atoms with Gasteiger partial charge in [-0.2, -0.15) is 0 Å². The number of carbonyl (C=O) groups excluding carboxylic acids is 1. The average molecular weight is 1120 g/mol. The lowest BCUT2D eigenvalue weighted by atomic mass is 10.0. The van der Waals surface area contributed by atoms with Gasteiger partial charge in [-0.15, -0.1) is 12.4 Å². The third-order valence-electron chi connectivity index (χ3n) is 14.7. The standard InChI is InChI=1S/C31H35F2N7O3.C26H27F2N7O.ClH/c1-30(2,3)43-29(41)39-12-9-19(10-13-39)42-20-6-7-24(34-16-20)36-28-35-17-22(33)26(38-28)18-14-21(32)27-23(15-18)40-25(37-27)8-11-31(40,4)5;1-26(2)8-5-22-33-24-18(27)11-15(12-20(24)35(22)26)23-19(28)14-31-25(34-23)32-21-4-3-17(13-30-21)36-16-6-9-29-10-7-16;/h6-7,14-17,19H,8-13H2,1-5H3,(H,34,35,36,38);3-4,11-14,16,29H,5-10H2,1-2H3,(H,30,31,32,34);1H. The fourth-order valence-corrected chi connectivity index (χ4v) is 10.7. The summed E-state index contributed by atoms with van der Waals surface area (Å²) in [6.45, 7) is 16.9. The summed E-state index contributed by atoms with van der Waals surface area (Å²) < 4.78 is 81.5. The zero-order chi connectivity index (χ0) is 55.4. The predicted molar refractivity (Wildman–Crippen MR) is 297 cm³/mol. The molecule has 0 unspecified atom stereocenters. The highest BCUT2D eigenvalue weighted by molar-refractivity contribution is 5.86. The number of nitrogens with zero attached hydrogens (tertiary/aromatic N) is 11. The lowest BCUT2D eigenvalue weighted by Gasteiger charge is -2.33. The lowest BCUT2D eigenvalue weighted by molar-refractivity contribution is 0.0126. The Balaban J connectivity index is 0.000000180. The number of likely N-dealkylation sites (tertiary alicyclic amines) is 1. The molecule has 6 aromatic heterocycles. The van der Waals surface area contributed by atoms with Gasteiger partial charge in [0.15, 0.2) is 23.3 Å². The van der Waals surface area contributed by atoms with Gasteiger partial charge in [-0.1, -0.05) is 0 Å². The van der Waals surface area contributed by atoms with Crippen LogP contribution in [0.25, 0.3) is 44.6 Å². The number of halogens is 5. The summed E-state index contributed by atoms with van der Waals surface area (Å²) >= 11 is 0. The highest BCUT2D eigenvalue weighted by Gasteiger charge is 2.35. The largest absolute Gasteiger partial charge is 0.489 e. The number of aryl methyl sites for hydroxylation is 2. The Morgan fingerprint density at radius 2 is 1.06 bits per heavy atom.